The molecule has 0 amide bonds. The molecule has 0 bridgehead atoms. The summed E-state index contributed by atoms with van der Waals surface area (Å²) in [5.41, 5.74) is -0.418. The van der Waals surface area contributed by atoms with Crippen LogP contribution in [0.2, 0.25) is 0 Å². The predicted molar refractivity (Wildman–Crippen MR) is 115 cm³/mol. The average Bonchev–Trinajstić information content (AvgIpc) is 2.93. The van der Waals surface area contributed by atoms with Crippen molar-refractivity contribution in [1.82, 2.24) is 0 Å². The molecule has 9 atom stereocenters. The van der Waals surface area contributed by atoms with E-state index in [9.17, 15) is 14.4 Å². The Morgan fingerprint density at radius 2 is 1.90 bits per heavy atom. The molecule has 4 aliphatic rings. The molecule has 0 aromatic carbocycles. The van der Waals surface area contributed by atoms with Crippen molar-refractivity contribution in [3.05, 3.63) is 0 Å². The first-order valence-corrected chi connectivity index (χ1v) is 12.2. The molecule has 0 spiro atoms. The number of hydrogen-bond donors (Lipinski definition) is 0. The van der Waals surface area contributed by atoms with Crippen molar-refractivity contribution in [2.45, 2.75) is 83.1 Å². The molecule has 6 heteroatoms. The van der Waals surface area contributed by atoms with Crippen LogP contribution >= 0.6 is 15.9 Å². The van der Waals surface area contributed by atoms with E-state index in [0.29, 0.717) is 24.7 Å². The van der Waals surface area contributed by atoms with Gasteiger partial charge < -0.3 is 4.74 Å². The minimum absolute atomic E-state index is 0.0121. The van der Waals surface area contributed by atoms with Gasteiger partial charge in [0.2, 0.25) is 0 Å². The van der Waals surface area contributed by atoms with Gasteiger partial charge in [0.25, 0.3) is 0 Å². The van der Waals surface area contributed by atoms with Crippen molar-refractivity contribution in [3.8, 4) is 0 Å². The van der Waals surface area contributed by atoms with Crippen LogP contribution in [-0.2, 0) is 19.1 Å². The molecule has 4 fully saturated rings. The summed E-state index contributed by atoms with van der Waals surface area (Å²) < 4.78 is 20.0. The van der Waals surface area contributed by atoms with E-state index in [1.807, 2.05) is 0 Å². The van der Waals surface area contributed by atoms with Gasteiger partial charge in [-0.2, -0.15) is 0 Å². The molecule has 0 aromatic heterocycles. The van der Waals surface area contributed by atoms with Crippen molar-refractivity contribution in [1.29, 1.82) is 0 Å². The Labute approximate surface area is 187 Å². The molecule has 4 saturated carbocycles. The topological polar surface area (TPSA) is 60.4 Å². The van der Waals surface area contributed by atoms with E-state index in [-0.39, 0.29) is 53.2 Å². The summed E-state index contributed by atoms with van der Waals surface area (Å²) >= 11 is 3.77. The lowest BCUT2D eigenvalue weighted by atomic mass is 9.44. The van der Waals surface area contributed by atoms with Crippen molar-refractivity contribution >= 4 is 33.5 Å². The molecule has 0 radical (unpaired) electrons. The second-order valence-electron chi connectivity index (χ2n) is 11.1. The maximum Gasteiger partial charge on any atom is 0.303 e. The SMILES string of the molecule is CC(=O)OCC(=O)[C@H]1[C@H](C)C[C@H]2[C@@H]3C[C@@H](F)[C@@]4(Br)CC(=O)CC[C@]4(C)[C@H]3CC[C@@]21C. The highest BCUT2D eigenvalue weighted by atomic mass is 79.9. The van der Waals surface area contributed by atoms with Gasteiger partial charge in [0.05, 0.1) is 4.32 Å². The van der Waals surface area contributed by atoms with Crippen LogP contribution in [0.4, 0.5) is 4.39 Å². The minimum atomic E-state index is -1.05. The Morgan fingerprint density at radius 1 is 1.20 bits per heavy atom. The number of carbonyl (C=O) groups is 3. The van der Waals surface area contributed by atoms with Gasteiger partial charge in [-0.15, -0.1) is 0 Å². The number of halogens is 2. The Morgan fingerprint density at radius 3 is 2.57 bits per heavy atom. The zero-order chi connectivity index (χ0) is 22.1. The fourth-order valence-electron chi connectivity index (χ4n) is 8.29. The third-order valence-corrected chi connectivity index (χ3v) is 11.3. The zero-order valence-electron chi connectivity index (χ0n) is 18.5. The zero-order valence-corrected chi connectivity index (χ0v) is 20.1. The third kappa shape index (κ3) is 3.06. The van der Waals surface area contributed by atoms with E-state index >= 15 is 4.39 Å². The first kappa shape index (κ1) is 22.4. The van der Waals surface area contributed by atoms with E-state index < -0.39 is 16.5 Å². The normalized spacial score (nSPS) is 50.3. The summed E-state index contributed by atoms with van der Waals surface area (Å²) in [7, 11) is 0. The monoisotopic (exact) mass is 484 g/mol. The smallest absolute Gasteiger partial charge is 0.303 e. The molecule has 0 aliphatic heterocycles. The van der Waals surface area contributed by atoms with Gasteiger partial charge in [0.15, 0.2) is 5.78 Å². The molecule has 0 N–H and O–H groups in total. The maximum absolute atomic E-state index is 15.7. The largest absolute Gasteiger partial charge is 0.458 e. The highest BCUT2D eigenvalue weighted by Crippen LogP contribution is 2.71. The summed E-state index contributed by atoms with van der Waals surface area (Å²) in [6, 6.07) is 0. The van der Waals surface area contributed by atoms with Crippen LogP contribution in [-0.4, -0.2) is 34.6 Å². The van der Waals surface area contributed by atoms with E-state index in [1.165, 1.54) is 6.92 Å². The molecule has 4 nitrogen and oxygen atoms in total. The van der Waals surface area contributed by atoms with Crippen LogP contribution in [0.3, 0.4) is 0 Å². The van der Waals surface area contributed by atoms with E-state index in [1.54, 1.807) is 0 Å². The Bertz CT molecular complexity index is 770. The van der Waals surface area contributed by atoms with Gasteiger partial charge in [-0.3, -0.25) is 14.4 Å². The van der Waals surface area contributed by atoms with Crippen LogP contribution in [0.25, 0.3) is 0 Å². The highest BCUT2D eigenvalue weighted by Gasteiger charge is 2.68. The van der Waals surface area contributed by atoms with Crippen LogP contribution in [0.5, 0.6) is 0 Å². The van der Waals surface area contributed by atoms with Gasteiger partial charge in [-0.05, 0) is 66.6 Å². The number of fused-ring (bicyclic) bond motifs is 5. The number of ketones is 2. The lowest BCUT2D eigenvalue weighted by molar-refractivity contribution is -0.153. The second-order valence-corrected chi connectivity index (χ2v) is 12.5. The lowest BCUT2D eigenvalue weighted by Gasteiger charge is -2.64. The second kappa shape index (κ2) is 7.38. The number of Topliss-reactive ketones (excluding diaryl/α,β-unsaturated/α-hetero) is 2. The van der Waals surface area contributed by atoms with Crippen molar-refractivity contribution in [3.63, 3.8) is 0 Å². The molecule has 30 heavy (non-hydrogen) atoms. The average molecular weight is 485 g/mol. The first-order valence-electron chi connectivity index (χ1n) is 11.4. The maximum atomic E-state index is 15.7. The van der Waals surface area contributed by atoms with E-state index in [2.05, 4.69) is 36.7 Å². The van der Waals surface area contributed by atoms with Gasteiger partial charge in [-0.25, -0.2) is 4.39 Å². The van der Waals surface area contributed by atoms with E-state index in [0.717, 1.165) is 25.7 Å². The fourth-order valence-corrected chi connectivity index (χ4v) is 9.28. The first-order chi connectivity index (χ1) is 13.9. The van der Waals surface area contributed by atoms with Crippen LogP contribution in [0, 0.1) is 40.4 Å². The molecule has 0 aromatic rings. The highest BCUT2D eigenvalue weighted by molar-refractivity contribution is 9.10. The standard InChI is InChI=1S/C24H34BrFO4/c1-13-9-18-16-10-20(26)24(25)11-15(28)5-8-23(24,4)17(16)6-7-22(18,3)21(13)19(29)12-30-14(2)27/h13,16-18,20-21H,5-12H2,1-4H3/t13-,16-,17+,18+,20-,21-,22+,23-,24+/m1/s1. The van der Waals surface area contributed by atoms with Gasteiger partial charge in [0, 0.05) is 25.7 Å². The number of esters is 1. The van der Waals surface area contributed by atoms with Gasteiger partial charge in [-0.1, -0.05) is 36.7 Å². The summed E-state index contributed by atoms with van der Waals surface area (Å²) in [6.07, 6.45) is 3.81. The fraction of sp³-hybridized carbons (Fsp3) is 0.875. The molecule has 0 heterocycles. The summed E-state index contributed by atoms with van der Waals surface area (Å²) in [5, 5.41) is 0. The number of ether oxygens (including phenoxy) is 1. The molecular formula is C24H34BrFO4. The molecular weight excluding hydrogens is 451 g/mol. The van der Waals surface area contributed by atoms with E-state index in [4.69, 9.17) is 4.74 Å². The van der Waals surface area contributed by atoms with Crippen LogP contribution in [0.15, 0.2) is 0 Å². The summed E-state index contributed by atoms with van der Waals surface area (Å²) in [6.45, 7) is 7.70. The molecule has 168 valence electrons. The van der Waals surface area contributed by atoms with Crippen LogP contribution < -0.4 is 0 Å². The summed E-state index contributed by atoms with van der Waals surface area (Å²) in [5.74, 6) is 0.701. The van der Waals surface area contributed by atoms with Gasteiger partial charge in [0.1, 0.15) is 18.6 Å². The Balaban J connectivity index is 1.63. The predicted octanol–water partition coefficient (Wildman–Crippen LogP) is 5.06. The van der Waals surface area contributed by atoms with Crippen molar-refractivity contribution in [2.24, 2.45) is 40.4 Å². The van der Waals surface area contributed by atoms with Crippen molar-refractivity contribution < 1.29 is 23.5 Å². The lowest BCUT2D eigenvalue weighted by Crippen LogP contribution is -2.64. The minimum Gasteiger partial charge on any atom is -0.458 e. The van der Waals surface area contributed by atoms with Crippen molar-refractivity contribution in [2.75, 3.05) is 6.61 Å². The Kier molecular flexibility index (Phi) is 5.52. The molecule has 0 unspecified atom stereocenters. The van der Waals surface area contributed by atoms with Crippen LogP contribution in [0.1, 0.15) is 72.6 Å². The molecule has 4 aliphatic carbocycles. The quantitative estimate of drug-likeness (QED) is 0.414. The molecule has 0 saturated heterocycles. The number of carbonyl (C=O) groups excluding carboxylic acids is 3. The number of rotatable bonds is 3. The van der Waals surface area contributed by atoms with Gasteiger partial charge >= 0.3 is 5.97 Å². The summed E-state index contributed by atoms with van der Waals surface area (Å²) in [4.78, 5) is 36.4. The number of hydrogen-bond acceptors (Lipinski definition) is 4. The molecule has 4 rings (SSSR count). The third-order valence-electron chi connectivity index (χ3n) is 9.67. The Hall–Kier alpha value is -0.780. The number of alkyl halides is 2.